The van der Waals surface area contributed by atoms with Crippen LogP contribution in [-0.2, 0) is 0 Å². The van der Waals surface area contributed by atoms with E-state index in [1.54, 1.807) is 13.3 Å². The molecule has 0 atom stereocenters. The first-order valence-electron chi connectivity index (χ1n) is 6.83. The molecule has 0 unspecified atom stereocenters. The van der Waals surface area contributed by atoms with Crippen LogP contribution in [0, 0.1) is 0 Å². The van der Waals surface area contributed by atoms with Gasteiger partial charge < -0.3 is 15.8 Å². The maximum absolute atomic E-state index is 12.0. The van der Waals surface area contributed by atoms with Gasteiger partial charge in [-0.3, -0.25) is 4.79 Å². The van der Waals surface area contributed by atoms with E-state index in [2.05, 4.69) is 10.3 Å². The van der Waals surface area contributed by atoms with E-state index in [1.165, 1.54) is 11.3 Å². The number of carbonyl (C=O) groups is 1. The first-order chi connectivity index (χ1) is 10.2. The summed E-state index contributed by atoms with van der Waals surface area (Å²) < 4.78 is 5.12. The molecule has 0 aliphatic rings. The zero-order valence-corrected chi connectivity index (χ0v) is 14.0. The standard InChI is InChI=1S/C15H19N3O2S.ClH/c1-20-12-6-4-11(5-7-12)15-18-10-13(21-15)14(19)17-9-3-2-8-16;/h4-7,10H,2-3,8-9,16H2,1H3,(H,17,19);1H. The third kappa shape index (κ3) is 4.98. The number of nitrogens with one attached hydrogen (secondary N) is 1. The van der Waals surface area contributed by atoms with Crippen LogP contribution >= 0.6 is 23.7 Å². The molecular formula is C15H20ClN3O2S. The van der Waals surface area contributed by atoms with Crippen LogP contribution in [0.4, 0.5) is 0 Å². The van der Waals surface area contributed by atoms with Gasteiger partial charge in [-0.25, -0.2) is 4.98 Å². The van der Waals surface area contributed by atoms with Crippen molar-refractivity contribution in [2.45, 2.75) is 12.8 Å². The summed E-state index contributed by atoms with van der Waals surface area (Å²) in [7, 11) is 1.63. The molecule has 22 heavy (non-hydrogen) atoms. The fourth-order valence-corrected chi connectivity index (χ4v) is 2.64. The van der Waals surface area contributed by atoms with Gasteiger partial charge in [-0.2, -0.15) is 0 Å². The maximum atomic E-state index is 12.0. The summed E-state index contributed by atoms with van der Waals surface area (Å²) >= 11 is 1.38. The molecule has 120 valence electrons. The summed E-state index contributed by atoms with van der Waals surface area (Å²) in [6.45, 7) is 1.30. The molecule has 1 heterocycles. The van der Waals surface area contributed by atoms with Crippen molar-refractivity contribution in [1.82, 2.24) is 10.3 Å². The number of aromatic nitrogens is 1. The molecule has 0 spiro atoms. The van der Waals surface area contributed by atoms with Gasteiger partial charge in [0.2, 0.25) is 0 Å². The molecular weight excluding hydrogens is 322 g/mol. The highest BCUT2D eigenvalue weighted by Crippen LogP contribution is 2.26. The molecule has 0 aliphatic carbocycles. The minimum atomic E-state index is -0.0794. The summed E-state index contributed by atoms with van der Waals surface area (Å²) in [5, 5.41) is 3.70. The Morgan fingerprint density at radius 3 is 2.68 bits per heavy atom. The van der Waals surface area contributed by atoms with Gasteiger partial charge in [0.15, 0.2) is 0 Å². The average Bonchev–Trinajstić information content (AvgIpc) is 3.01. The van der Waals surface area contributed by atoms with Gasteiger partial charge in [-0.15, -0.1) is 23.7 Å². The summed E-state index contributed by atoms with van der Waals surface area (Å²) in [5.74, 6) is 0.720. The zero-order valence-electron chi connectivity index (χ0n) is 12.4. The third-order valence-corrected chi connectivity index (χ3v) is 4.03. The van der Waals surface area contributed by atoms with Crippen molar-refractivity contribution >= 4 is 29.7 Å². The molecule has 0 radical (unpaired) electrons. The Hall–Kier alpha value is -1.63. The topological polar surface area (TPSA) is 77.2 Å². The number of carbonyl (C=O) groups excluding carboxylic acids is 1. The summed E-state index contributed by atoms with van der Waals surface area (Å²) in [4.78, 5) is 16.9. The molecule has 1 amide bonds. The van der Waals surface area contributed by atoms with Crippen molar-refractivity contribution in [1.29, 1.82) is 0 Å². The Kier molecular flexibility index (Phi) is 7.87. The van der Waals surface area contributed by atoms with Gasteiger partial charge >= 0.3 is 0 Å². The molecule has 0 aliphatic heterocycles. The Balaban J connectivity index is 0.00000242. The number of methoxy groups -OCH3 is 1. The average molecular weight is 342 g/mol. The quantitative estimate of drug-likeness (QED) is 0.759. The third-order valence-electron chi connectivity index (χ3n) is 2.98. The predicted molar refractivity (Wildman–Crippen MR) is 92.0 cm³/mol. The van der Waals surface area contributed by atoms with Gasteiger partial charge in [-0.1, -0.05) is 0 Å². The number of nitrogens with zero attached hydrogens (tertiary/aromatic N) is 1. The highest BCUT2D eigenvalue weighted by Gasteiger charge is 2.11. The van der Waals surface area contributed by atoms with Gasteiger partial charge in [0, 0.05) is 12.1 Å². The second-order valence-corrected chi connectivity index (χ2v) is 5.54. The van der Waals surface area contributed by atoms with E-state index in [0.29, 0.717) is 18.0 Å². The van der Waals surface area contributed by atoms with Crippen LogP contribution in [0.1, 0.15) is 22.5 Å². The number of benzene rings is 1. The maximum Gasteiger partial charge on any atom is 0.263 e. The minimum Gasteiger partial charge on any atom is -0.497 e. The molecule has 0 saturated carbocycles. The number of thiazole rings is 1. The lowest BCUT2D eigenvalue weighted by Crippen LogP contribution is -2.23. The molecule has 1 aromatic heterocycles. The Morgan fingerprint density at radius 1 is 1.32 bits per heavy atom. The van der Waals surface area contributed by atoms with E-state index in [0.717, 1.165) is 29.2 Å². The minimum absolute atomic E-state index is 0. The van der Waals surface area contributed by atoms with E-state index < -0.39 is 0 Å². The lowest BCUT2D eigenvalue weighted by molar-refractivity contribution is 0.0957. The zero-order chi connectivity index (χ0) is 15.1. The molecule has 0 bridgehead atoms. The van der Waals surface area contributed by atoms with Crippen molar-refractivity contribution in [3.8, 4) is 16.3 Å². The normalized spacial score (nSPS) is 9.91. The van der Waals surface area contributed by atoms with Gasteiger partial charge in [0.1, 0.15) is 15.6 Å². The highest BCUT2D eigenvalue weighted by molar-refractivity contribution is 7.16. The second-order valence-electron chi connectivity index (χ2n) is 4.51. The van der Waals surface area contributed by atoms with Gasteiger partial charge in [0.05, 0.1) is 13.3 Å². The van der Waals surface area contributed by atoms with Gasteiger partial charge in [0.25, 0.3) is 5.91 Å². The molecule has 1 aromatic carbocycles. The number of hydrogen-bond donors (Lipinski definition) is 2. The molecule has 0 saturated heterocycles. The summed E-state index contributed by atoms with van der Waals surface area (Å²) in [5.41, 5.74) is 6.39. The van der Waals surface area contributed by atoms with Crippen LogP contribution in [0.2, 0.25) is 0 Å². The van der Waals surface area contributed by atoms with Crippen molar-refractivity contribution in [3.63, 3.8) is 0 Å². The number of amides is 1. The lowest BCUT2D eigenvalue weighted by atomic mass is 10.2. The molecule has 5 nitrogen and oxygen atoms in total. The van der Waals surface area contributed by atoms with Crippen LogP contribution < -0.4 is 15.8 Å². The fourth-order valence-electron chi connectivity index (χ4n) is 1.80. The number of nitrogens with two attached hydrogens (primary N) is 1. The molecule has 2 rings (SSSR count). The van der Waals surface area contributed by atoms with E-state index in [9.17, 15) is 4.79 Å². The number of ether oxygens (including phenoxy) is 1. The van der Waals surface area contributed by atoms with Crippen LogP contribution in [0.15, 0.2) is 30.5 Å². The molecule has 2 aromatic rings. The van der Waals surface area contributed by atoms with Crippen molar-refractivity contribution < 1.29 is 9.53 Å². The van der Waals surface area contributed by atoms with E-state index in [-0.39, 0.29) is 18.3 Å². The van der Waals surface area contributed by atoms with Crippen molar-refractivity contribution in [2.24, 2.45) is 5.73 Å². The van der Waals surface area contributed by atoms with Crippen molar-refractivity contribution in [2.75, 3.05) is 20.2 Å². The summed E-state index contributed by atoms with van der Waals surface area (Å²) in [6.07, 6.45) is 3.43. The van der Waals surface area contributed by atoms with Crippen LogP contribution in [0.25, 0.3) is 10.6 Å². The lowest BCUT2D eigenvalue weighted by Gasteiger charge is -2.02. The SMILES string of the molecule is COc1ccc(-c2ncc(C(=O)NCCCCN)s2)cc1.Cl. The van der Waals surface area contributed by atoms with Crippen LogP contribution in [0.5, 0.6) is 5.75 Å². The molecule has 3 N–H and O–H groups in total. The molecule has 0 fully saturated rings. The Morgan fingerprint density at radius 2 is 2.05 bits per heavy atom. The second kappa shape index (κ2) is 9.40. The van der Waals surface area contributed by atoms with Crippen LogP contribution in [-0.4, -0.2) is 31.1 Å². The number of halogens is 1. The van der Waals surface area contributed by atoms with Gasteiger partial charge in [-0.05, 0) is 43.7 Å². The number of unbranched alkanes of at least 4 members (excludes halogenated alkanes) is 1. The van der Waals surface area contributed by atoms with Crippen LogP contribution in [0.3, 0.4) is 0 Å². The van der Waals surface area contributed by atoms with E-state index >= 15 is 0 Å². The number of rotatable bonds is 7. The number of hydrogen-bond acceptors (Lipinski definition) is 5. The monoisotopic (exact) mass is 341 g/mol. The first kappa shape index (κ1) is 18.4. The highest BCUT2D eigenvalue weighted by atomic mass is 35.5. The molecule has 7 heteroatoms. The Bertz CT molecular complexity index is 587. The van der Waals surface area contributed by atoms with E-state index in [4.69, 9.17) is 10.5 Å². The predicted octanol–water partition coefficient (Wildman–Crippen LogP) is 2.71. The fraction of sp³-hybridized carbons (Fsp3) is 0.333. The largest absolute Gasteiger partial charge is 0.497 e. The van der Waals surface area contributed by atoms with E-state index in [1.807, 2.05) is 24.3 Å². The summed E-state index contributed by atoms with van der Waals surface area (Å²) in [6, 6.07) is 7.62. The smallest absolute Gasteiger partial charge is 0.263 e. The Labute approximate surface area is 140 Å². The van der Waals surface area contributed by atoms with Crippen molar-refractivity contribution in [3.05, 3.63) is 35.3 Å². The first-order valence-corrected chi connectivity index (χ1v) is 7.64.